The van der Waals surface area contributed by atoms with Gasteiger partial charge in [0.15, 0.2) is 0 Å². The molecule has 0 aliphatic rings. The van der Waals surface area contributed by atoms with Crippen LogP contribution in [-0.2, 0) is 4.79 Å². The molecule has 0 N–H and O–H groups in total. The maximum atomic E-state index is 10.5. The van der Waals surface area contributed by atoms with Crippen LogP contribution in [0.4, 0.5) is 0 Å². The van der Waals surface area contributed by atoms with Crippen molar-refractivity contribution in [2.24, 2.45) is 0 Å². The monoisotopic (exact) mass is 314 g/mol. The highest BCUT2D eigenvalue weighted by atomic mass is 35.5. The first-order valence-corrected chi connectivity index (χ1v) is 9.48. The van der Waals surface area contributed by atoms with Crippen LogP contribution < -0.4 is 0 Å². The van der Waals surface area contributed by atoms with Crippen molar-refractivity contribution in [2.45, 2.75) is 103 Å². The minimum absolute atomic E-state index is 0.198. The van der Waals surface area contributed by atoms with Crippen LogP contribution in [0.15, 0.2) is 12.2 Å². The zero-order chi connectivity index (χ0) is 15.6. The number of rotatable bonds is 16. The standard InChI is InChI=1S/C19H35ClO/c1-2-3-4-5-6-7-8-9-10-11-12-13-14-15-16-17-18-19(20)21/h12-13H,2-11,14-18H2,1H3/b13-12+. The number of unbranched alkanes of at least 4 members (excludes halogenated alkanes) is 12. The van der Waals surface area contributed by atoms with Crippen LogP contribution in [0.1, 0.15) is 103 Å². The Hall–Kier alpha value is -0.300. The van der Waals surface area contributed by atoms with Crippen LogP contribution in [-0.4, -0.2) is 5.24 Å². The first kappa shape index (κ1) is 20.7. The van der Waals surface area contributed by atoms with Gasteiger partial charge in [-0.15, -0.1) is 0 Å². The predicted molar refractivity (Wildman–Crippen MR) is 94.9 cm³/mol. The molecule has 0 aliphatic carbocycles. The van der Waals surface area contributed by atoms with Crippen LogP contribution in [0.2, 0.25) is 0 Å². The number of hydrogen-bond acceptors (Lipinski definition) is 1. The summed E-state index contributed by atoms with van der Waals surface area (Å²) in [6.07, 6.45) is 23.4. The predicted octanol–water partition coefficient (Wildman–Crippen LogP) is 7.18. The Morgan fingerprint density at radius 1 is 0.714 bits per heavy atom. The molecule has 0 amide bonds. The van der Waals surface area contributed by atoms with Crippen molar-refractivity contribution in [3.05, 3.63) is 12.2 Å². The van der Waals surface area contributed by atoms with E-state index < -0.39 is 0 Å². The lowest BCUT2D eigenvalue weighted by Crippen LogP contribution is -1.85. The average molecular weight is 315 g/mol. The fourth-order valence-electron chi connectivity index (χ4n) is 2.51. The van der Waals surface area contributed by atoms with Crippen LogP contribution in [0.5, 0.6) is 0 Å². The van der Waals surface area contributed by atoms with E-state index in [-0.39, 0.29) is 5.24 Å². The molecule has 1 nitrogen and oxygen atoms in total. The molecular weight excluding hydrogens is 280 g/mol. The number of carbonyl (C=O) groups excluding carboxylic acids is 1. The summed E-state index contributed by atoms with van der Waals surface area (Å²) < 4.78 is 0. The van der Waals surface area contributed by atoms with Crippen molar-refractivity contribution < 1.29 is 4.79 Å². The van der Waals surface area contributed by atoms with Crippen molar-refractivity contribution in [1.29, 1.82) is 0 Å². The van der Waals surface area contributed by atoms with E-state index in [9.17, 15) is 4.79 Å². The summed E-state index contributed by atoms with van der Waals surface area (Å²) in [5.74, 6) is 0. The summed E-state index contributed by atoms with van der Waals surface area (Å²) >= 11 is 5.29. The molecule has 0 unspecified atom stereocenters. The Balaban J connectivity index is 3.07. The molecule has 124 valence electrons. The molecule has 0 aromatic carbocycles. The van der Waals surface area contributed by atoms with Crippen LogP contribution in [0.25, 0.3) is 0 Å². The molecule has 0 saturated heterocycles. The smallest absolute Gasteiger partial charge is 0.221 e. The molecule has 0 rings (SSSR count). The molecule has 0 atom stereocenters. The van der Waals surface area contributed by atoms with Gasteiger partial charge in [0.1, 0.15) is 0 Å². The molecule has 2 heteroatoms. The molecule has 0 heterocycles. The quantitative estimate of drug-likeness (QED) is 0.167. The Kier molecular flexibility index (Phi) is 17.5. The zero-order valence-electron chi connectivity index (χ0n) is 14.0. The van der Waals surface area contributed by atoms with E-state index in [1.165, 1.54) is 70.6 Å². The zero-order valence-corrected chi connectivity index (χ0v) is 14.8. The molecule has 0 aromatic rings. The first-order chi connectivity index (χ1) is 10.3. The fourth-order valence-corrected chi connectivity index (χ4v) is 2.65. The highest BCUT2D eigenvalue weighted by Crippen LogP contribution is 2.11. The normalized spacial score (nSPS) is 11.3. The lowest BCUT2D eigenvalue weighted by atomic mass is 10.1. The van der Waals surface area contributed by atoms with Crippen LogP contribution >= 0.6 is 11.6 Å². The molecule has 0 bridgehead atoms. The fraction of sp³-hybridized carbons (Fsp3) is 0.842. The van der Waals surface area contributed by atoms with Gasteiger partial charge in [-0.3, -0.25) is 4.79 Å². The number of carbonyl (C=O) groups is 1. The van der Waals surface area contributed by atoms with Crippen molar-refractivity contribution in [2.75, 3.05) is 0 Å². The highest BCUT2D eigenvalue weighted by molar-refractivity contribution is 6.63. The van der Waals surface area contributed by atoms with Gasteiger partial charge in [-0.25, -0.2) is 0 Å². The maximum absolute atomic E-state index is 10.5. The minimum Gasteiger partial charge on any atom is -0.281 e. The molecular formula is C19H35ClO. The largest absolute Gasteiger partial charge is 0.281 e. The summed E-state index contributed by atoms with van der Waals surface area (Å²) in [7, 11) is 0. The van der Waals surface area contributed by atoms with Gasteiger partial charge in [0, 0.05) is 6.42 Å². The van der Waals surface area contributed by atoms with E-state index >= 15 is 0 Å². The molecule has 0 fully saturated rings. The van der Waals surface area contributed by atoms with Gasteiger partial charge in [0.05, 0.1) is 0 Å². The summed E-state index contributed by atoms with van der Waals surface area (Å²) in [6, 6.07) is 0. The Morgan fingerprint density at radius 2 is 1.14 bits per heavy atom. The van der Waals surface area contributed by atoms with E-state index in [0.717, 1.165) is 19.3 Å². The van der Waals surface area contributed by atoms with E-state index in [1.807, 2.05) is 0 Å². The van der Waals surface area contributed by atoms with Gasteiger partial charge in [-0.2, -0.15) is 0 Å². The van der Waals surface area contributed by atoms with Crippen molar-refractivity contribution in [3.63, 3.8) is 0 Å². The molecule has 0 aromatic heterocycles. The van der Waals surface area contributed by atoms with Crippen LogP contribution in [0, 0.1) is 0 Å². The number of halogens is 1. The summed E-state index contributed by atoms with van der Waals surface area (Å²) in [5, 5.41) is -0.198. The summed E-state index contributed by atoms with van der Waals surface area (Å²) in [6.45, 7) is 2.27. The molecule has 0 aliphatic heterocycles. The second-order valence-electron chi connectivity index (χ2n) is 6.04. The lowest BCUT2D eigenvalue weighted by Gasteiger charge is -2.00. The van der Waals surface area contributed by atoms with E-state index in [1.54, 1.807) is 0 Å². The van der Waals surface area contributed by atoms with Gasteiger partial charge in [-0.05, 0) is 43.7 Å². The Labute approximate surface area is 137 Å². The van der Waals surface area contributed by atoms with Crippen molar-refractivity contribution >= 4 is 16.8 Å². The SMILES string of the molecule is CCCCCCCCCCC/C=C/CCCCCC(=O)Cl. The van der Waals surface area contributed by atoms with Gasteiger partial charge < -0.3 is 0 Å². The van der Waals surface area contributed by atoms with E-state index in [4.69, 9.17) is 11.6 Å². The number of allylic oxidation sites excluding steroid dienone is 2. The molecule has 21 heavy (non-hydrogen) atoms. The Bertz CT molecular complexity index is 248. The topological polar surface area (TPSA) is 17.1 Å². The van der Waals surface area contributed by atoms with Gasteiger partial charge in [0.2, 0.25) is 5.24 Å². The lowest BCUT2D eigenvalue weighted by molar-refractivity contribution is -0.111. The van der Waals surface area contributed by atoms with Gasteiger partial charge in [-0.1, -0.05) is 76.9 Å². The van der Waals surface area contributed by atoms with E-state index in [0.29, 0.717) is 6.42 Å². The van der Waals surface area contributed by atoms with Crippen molar-refractivity contribution in [3.8, 4) is 0 Å². The van der Waals surface area contributed by atoms with Crippen LogP contribution in [0.3, 0.4) is 0 Å². The molecule has 0 spiro atoms. The van der Waals surface area contributed by atoms with Crippen molar-refractivity contribution in [1.82, 2.24) is 0 Å². The highest BCUT2D eigenvalue weighted by Gasteiger charge is 1.94. The maximum Gasteiger partial charge on any atom is 0.221 e. The Morgan fingerprint density at radius 3 is 1.62 bits per heavy atom. The third-order valence-electron chi connectivity index (χ3n) is 3.89. The van der Waals surface area contributed by atoms with E-state index in [2.05, 4.69) is 19.1 Å². The third-order valence-corrected chi connectivity index (χ3v) is 4.07. The number of hydrogen-bond donors (Lipinski definition) is 0. The first-order valence-electron chi connectivity index (χ1n) is 9.10. The summed E-state index contributed by atoms with van der Waals surface area (Å²) in [5.41, 5.74) is 0. The average Bonchev–Trinajstić information content (AvgIpc) is 2.46. The minimum atomic E-state index is -0.198. The second-order valence-corrected chi connectivity index (χ2v) is 6.46. The third kappa shape index (κ3) is 19.7. The van der Waals surface area contributed by atoms with Gasteiger partial charge >= 0.3 is 0 Å². The molecule has 0 saturated carbocycles. The summed E-state index contributed by atoms with van der Waals surface area (Å²) in [4.78, 5) is 10.5. The second kappa shape index (κ2) is 17.8. The molecule has 0 radical (unpaired) electrons. The van der Waals surface area contributed by atoms with Gasteiger partial charge in [0.25, 0.3) is 0 Å².